The first-order valence-corrected chi connectivity index (χ1v) is 6.40. The summed E-state index contributed by atoms with van der Waals surface area (Å²) < 4.78 is 18.3. The summed E-state index contributed by atoms with van der Waals surface area (Å²) in [4.78, 5) is 0. The van der Waals surface area contributed by atoms with Gasteiger partial charge in [0.05, 0.1) is 6.61 Å². The maximum atomic E-state index is 13.4. The number of nitrogens with one attached hydrogen (secondary N) is 1. The molecule has 1 aromatic rings. The van der Waals surface area contributed by atoms with E-state index in [0.717, 1.165) is 26.1 Å². The first-order chi connectivity index (χ1) is 8.74. The average Bonchev–Trinajstić information content (AvgIpc) is 2.35. The number of hydrogen-bond acceptors (Lipinski definition) is 2. The summed E-state index contributed by atoms with van der Waals surface area (Å²) in [6.45, 7) is 2.48. The quantitative estimate of drug-likeness (QED) is 0.579. The topological polar surface area (TPSA) is 21.3 Å². The van der Waals surface area contributed by atoms with Crippen LogP contribution >= 0.6 is 11.6 Å². The Morgan fingerprint density at radius 2 is 2.17 bits per heavy atom. The van der Waals surface area contributed by atoms with Crippen LogP contribution in [-0.2, 0) is 11.2 Å². The van der Waals surface area contributed by atoms with Crippen LogP contribution in [-0.4, -0.2) is 26.8 Å². The molecule has 0 aromatic heterocycles. The molecule has 0 spiro atoms. The van der Waals surface area contributed by atoms with Crippen molar-refractivity contribution in [3.05, 3.63) is 46.8 Å². The van der Waals surface area contributed by atoms with E-state index < -0.39 is 0 Å². The van der Waals surface area contributed by atoms with Gasteiger partial charge in [-0.1, -0.05) is 29.8 Å². The van der Waals surface area contributed by atoms with Crippen molar-refractivity contribution < 1.29 is 9.13 Å². The van der Waals surface area contributed by atoms with Crippen molar-refractivity contribution >= 4 is 11.6 Å². The zero-order valence-electron chi connectivity index (χ0n) is 10.6. The first-order valence-electron chi connectivity index (χ1n) is 6.02. The fourth-order valence-corrected chi connectivity index (χ4v) is 1.66. The van der Waals surface area contributed by atoms with Crippen LogP contribution in [0.1, 0.15) is 12.0 Å². The number of rotatable bonds is 8. The van der Waals surface area contributed by atoms with Crippen LogP contribution in [0.3, 0.4) is 0 Å². The molecular formula is C14H19ClFNO. The van der Waals surface area contributed by atoms with Crippen LogP contribution in [0.15, 0.2) is 30.4 Å². The molecule has 1 aromatic carbocycles. The second-order valence-corrected chi connectivity index (χ2v) is 4.38. The molecule has 0 saturated heterocycles. The highest BCUT2D eigenvalue weighted by atomic mass is 35.5. The summed E-state index contributed by atoms with van der Waals surface area (Å²) in [5.41, 5.74) is 0.669. The van der Waals surface area contributed by atoms with Crippen molar-refractivity contribution in [3.63, 3.8) is 0 Å². The fourth-order valence-electron chi connectivity index (χ4n) is 1.50. The van der Waals surface area contributed by atoms with Crippen LogP contribution in [0.4, 0.5) is 4.39 Å². The van der Waals surface area contributed by atoms with Gasteiger partial charge in [-0.3, -0.25) is 0 Å². The molecule has 0 unspecified atom stereocenters. The van der Waals surface area contributed by atoms with Gasteiger partial charge in [0.1, 0.15) is 5.82 Å². The summed E-state index contributed by atoms with van der Waals surface area (Å²) in [7, 11) is 1.68. The van der Waals surface area contributed by atoms with Gasteiger partial charge in [0.25, 0.3) is 0 Å². The fraction of sp³-hybridized carbons (Fsp3) is 0.429. The van der Waals surface area contributed by atoms with Gasteiger partial charge in [0, 0.05) is 18.7 Å². The molecule has 0 fully saturated rings. The van der Waals surface area contributed by atoms with Gasteiger partial charge in [0.15, 0.2) is 0 Å². The monoisotopic (exact) mass is 271 g/mol. The molecule has 1 N–H and O–H groups in total. The molecule has 0 aliphatic carbocycles. The van der Waals surface area contributed by atoms with E-state index in [1.54, 1.807) is 19.2 Å². The lowest BCUT2D eigenvalue weighted by Gasteiger charge is -2.01. The summed E-state index contributed by atoms with van der Waals surface area (Å²) in [5, 5.41) is 3.67. The lowest BCUT2D eigenvalue weighted by molar-refractivity contribution is 0.199. The molecule has 18 heavy (non-hydrogen) atoms. The smallest absolute Gasteiger partial charge is 0.128 e. The van der Waals surface area contributed by atoms with Gasteiger partial charge in [-0.25, -0.2) is 4.39 Å². The molecule has 0 saturated carbocycles. The van der Waals surface area contributed by atoms with Crippen molar-refractivity contribution in [2.24, 2.45) is 0 Å². The van der Waals surface area contributed by atoms with E-state index in [0.29, 0.717) is 17.0 Å². The number of benzene rings is 1. The average molecular weight is 272 g/mol. The summed E-state index contributed by atoms with van der Waals surface area (Å²) >= 11 is 5.68. The van der Waals surface area contributed by atoms with Crippen molar-refractivity contribution in [3.8, 4) is 0 Å². The number of ether oxygens (including phenoxy) is 1. The Hall–Kier alpha value is -0.900. The van der Waals surface area contributed by atoms with E-state index in [1.165, 1.54) is 6.07 Å². The molecule has 4 heteroatoms. The highest BCUT2D eigenvalue weighted by molar-refractivity contribution is 6.30. The van der Waals surface area contributed by atoms with E-state index in [2.05, 4.69) is 5.32 Å². The number of hydrogen-bond donors (Lipinski definition) is 1. The van der Waals surface area contributed by atoms with E-state index in [9.17, 15) is 4.39 Å². The number of halogens is 2. The second kappa shape index (κ2) is 9.09. The van der Waals surface area contributed by atoms with Crippen LogP contribution in [0, 0.1) is 5.82 Å². The lowest BCUT2D eigenvalue weighted by Crippen LogP contribution is -2.19. The Kier molecular flexibility index (Phi) is 7.65. The first kappa shape index (κ1) is 15.2. The standard InChI is InChI=1S/C14H19ClFNO/c1-18-10-9-17-8-4-2-3-5-12-6-7-13(15)11-14(12)16/h2-3,6-7,11,17H,4-5,8-10H2,1H3/b3-2+. The van der Waals surface area contributed by atoms with Crippen molar-refractivity contribution in [2.45, 2.75) is 12.8 Å². The number of methoxy groups -OCH3 is 1. The maximum Gasteiger partial charge on any atom is 0.128 e. The van der Waals surface area contributed by atoms with E-state index >= 15 is 0 Å². The van der Waals surface area contributed by atoms with Crippen LogP contribution in [0.25, 0.3) is 0 Å². The Morgan fingerprint density at radius 1 is 1.33 bits per heavy atom. The van der Waals surface area contributed by atoms with Crippen LogP contribution in [0.2, 0.25) is 5.02 Å². The molecule has 0 bridgehead atoms. The van der Waals surface area contributed by atoms with E-state index in [4.69, 9.17) is 16.3 Å². The number of allylic oxidation sites excluding steroid dienone is 1. The molecule has 0 aliphatic rings. The predicted molar refractivity (Wildman–Crippen MR) is 73.6 cm³/mol. The second-order valence-electron chi connectivity index (χ2n) is 3.94. The largest absolute Gasteiger partial charge is 0.383 e. The molecule has 0 aliphatic heterocycles. The molecule has 0 radical (unpaired) electrons. The van der Waals surface area contributed by atoms with Crippen molar-refractivity contribution in [1.82, 2.24) is 5.32 Å². The molecule has 0 heterocycles. The third-order valence-electron chi connectivity index (χ3n) is 2.49. The maximum absolute atomic E-state index is 13.4. The Balaban J connectivity index is 2.20. The predicted octanol–water partition coefficient (Wildman–Crippen LogP) is 3.20. The van der Waals surface area contributed by atoms with Gasteiger partial charge in [-0.15, -0.1) is 0 Å². The summed E-state index contributed by atoms with van der Waals surface area (Å²) in [6, 6.07) is 4.77. The lowest BCUT2D eigenvalue weighted by atomic mass is 10.1. The molecule has 0 atom stereocenters. The molecular weight excluding hydrogens is 253 g/mol. The SMILES string of the molecule is COCCNCC/C=C/Cc1ccc(Cl)cc1F. The van der Waals surface area contributed by atoms with Gasteiger partial charge in [0.2, 0.25) is 0 Å². The minimum absolute atomic E-state index is 0.245. The van der Waals surface area contributed by atoms with E-state index in [1.807, 2.05) is 12.2 Å². The summed E-state index contributed by atoms with van der Waals surface area (Å²) in [5.74, 6) is -0.245. The zero-order chi connectivity index (χ0) is 13.2. The Labute approximate surface area is 113 Å². The van der Waals surface area contributed by atoms with Gasteiger partial charge >= 0.3 is 0 Å². The van der Waals surface area contributed by atoms with Gasteiger partial charge < -0.3 is 10.1 Å². The van der Waals surface area contributed by atoms with Gasteiger partial charge in [-0.05, 0) is 37.1 Å². The van der Waals surface area contributed by atoms with Crippen LogP contribution < -0.4 is 5.32 Å². The minimum Gasteiger partial charge on any atom is -0.383 e. The Morgan fingerprint density at radius 3 is 2.89 bits per heavy atom. The van der Waals surface area contributed by atoms with Crippen molar-refractivity contribution in [1.29, 1.82) is 0 Å². The summed E-state index contributed by atoms with van der Waals surface area (Å²) in [6.07, 6.45) is 5.55. The third-order valence-corrected chi connectivity index (χ3v) is 2.73. The van der Waals surface area contributed by atoms with Crippen molar-refractivity contribution in [2.75, 3.05) is 26.8 Å². The minimum atomic E-state index is -0.245. The molecule has 100 valence electrons. The van der Waals surface area contributed by atoms with E-state index in [-0.39, 0.29) is 5.82 Å². The normalized spacial score (nSPS) is 11.3. The third kappa shape index (κ3) is 6.15. The van der Waals surface area contributed by atoms with Crippen LogP contribution in [0.5, 0.6) is 0 Å². The van der Waals surface area contributed by atoms with Gasteiger partial charge in [-0.2, -0.15) is 0 Å². The molecule has 1 rings (SSSR count). The zero-order valence-corrected chi connectivity index (χ0v) is 11.3. The Bertz CT molecular complexity index is 382. The highest BCUT2D eigenvalue weighted by Gasteiger charge is 2.00. The highest BCUT2D eigenvalue weighted by Crippen LogP contribution is 2.15. The molecule has 0 amide bonds. The molecule has 2 nitrogen and oxygen atoms in total.